The summed E-state index contributed by atoms with van der Waals surface area (Å²) in [6.45, 7) is -0.654. The molecule has 3 atom stereocenters. The van der Waals surface area contributed by atoms with Crippen molar-refractivity contribution >= 4 is 0 Å². The third-order valence-corrected chi connectivity index (χ3v) is 2.74. The van der Waals surface area contributed by atoms with Gasteiger partial charge in [-0.05, 0) is 0 Å². The van der Waals surface area contributed by atoms with E-state index < -0.39 is 42.1 Å². The lowest BCUT2D eigenvalue weighted by molar-refractivity contribution is -0.249. The molecule has 9 heteroatoms. The normalized spacial score (nSPS) is 30.6. The molecule has 0 spiro atoms. The summed E-state index contributed by atoms with van der Waals surface area (Å²) in [6.07, 6.45) is -3.66. The summed E-state index contributed by atoms with van der Waals surface area (Å²) >= 11 is 0. The zero-order valence-corrected chi connectivity index (χ0v) is 9.05. The predicted molar refractivity (Wildman–Crippen MR) is 55.5 cm³/mol. The molecule has 18 heavy (non-hydrogen) atoms. The van der Waals surface area contributed by atoms with Crippen LogP contribution < -0.4 is 11.2 Å². The highest BCUT2D eigenvalue weighted by molar-refractivity contribution is 4.97. The fourth-order valence-corrected chi connectivity index (χ4v) is 1.78. The van der Waals surface area contributed by atoms with Crippen molar-refractivity contribution in [3.63, 3.8) is 0 Å². The fourth-order valence-electron chi connectivity index (χ4n) is 1.78. The Morgan fingerprint density at radius 3 is 2.61 bits per heavy atom. The first kappa shape index (κ1) is 12.9. The lowest BCUT2D eigenvalue weighted by Crippen LogP contribution is -2.49. The van der Waals surface area contributed by atoms with Crippen LogP contribution in [0.2, 0.25) is 0 Å². The van der Waals surface area contributed by atoms with Crippen molar-refractivity contribution in [2.75, 3.05) is 6.61 Å². The van der Waals surface area contributed by atoms with Gasteiger partial charge in [-0.3, -0.25) is 14.3 Å². The van der Waals surface area contributed by atoms with Crippen molar-refractivity contribution < 1.29 is 25.2 Å². The van der Waals surface area contributed by atoms with Gasteiger partial charge in [-0.2, -0.15) is 0 Å². The largest absolute Gasteiger partial charge is 0.394 e. The third-order valence-electron chi connectivity index (χ3n) is 2.74. The van der Waals surface area contributed by atoms with Gasteiger partial charge in [0.05, 0.1) is 6.61 Å². The maximum absolute atomic E-state index is 11.5. The Hall–Kier alpha value is -1.52. The SMILES string of the molecule is O=c1ccn([C@@H]2O[C@H](CO)[C@@H](O)C2(O)O)c(=O)[nH]1. The molecule has 2 heterocycles. The van der Waals surface area contributed by atoms with E-state index >= 15 is 0 Å². The number of nitrogens with one attached hydrogen (secondary N) is 1. The molecular formula is C9H12N2O7. The maximum atomic E-state index is 11.5. The minimum atomic E-state index is -2.75. The van der Waals surface area contributed by atoms with Gasteiger partial charge in [0, 0.05) is 12.3 Å². The van der Waals surface area contributed by atoms with Crippen LogP contribution in [-0.4, -0.2) is 54.6 Å². The van der Waals surface area contributed by atoms with Gasteiger partial charge in [-0.25, -0.2) is 4.79 Å². The van der Waals surface area contributed by atoms with Crippen LogP contribution in [-0.2, 0) is 4.74 Å². The van der Waals surface area contributed by atoms with Crippen LogP contribution in [0.15, 0.2) is 21.9 Å². The van der Waals surface area contributed by atoms with Crippen molar-refractivity contribution in [3.8, 4) is 0 Å². The molecule has 0 unspecified atom stereocenters. The highest BCUT2D eigenvalue weighted by Gasteiger charge is 2.55. The highest BCUT2D eigenvalue weighted by atomic mass is 16.6. The first-order chi connectivity index (χ1) is 8.37. The fraction of sp³-hybridized carbons (Fsp3) is 0.556. The summed E-state index contributed by atoms with van der Waals surface area (Å²) in [5.74, 6) is -2.75. The molecule has 1 fully saturated rings. The number of aliphatic hydroxyl groups excluding tert-OH is 2. The molecule has 100 valence electrons. The van der Waals surface area contributed by atoms with Crippen molar-refractivity contribution in [2.45, 2.75) is 24.2 Å². The molecule has 0 aliphatic carbocycles. The van der Waals surface area contributed by atoms with E-state index in [1.807, 2.05) is 4.98 Å². The van der Waals surface area contributed by atoms with Crippen LogP contribution in [0.4, 0.5) is 0 Å². The second-order valence-corrected chi connectivity index (χ2v) is 3.95. The van der Waals surface area contributed by atoms with Crippen LogP contribution in [0.25, 0.3) is 0 Å². The smallest absolute Gasteiger partial charge is 0.330 e. The average Bonchev–Trinajstić information content (AvgIpc) is 2.52. The first-order valence-corrected chi connectivity index (χ1v) is 5.08. The quantitative estimate of drug-likeness (QED) is 0.346. The van der Waals surface area contributed by atoms with Gasteiger partial charge >= 0.3 is 5.69 Å². The monoisotopic (exact) mass is 260 g/mol. The molecule has 0 aromatic carbocycles. The number of hydrogen-bond acceptors (Lipinski definition) is 7. The van der Waals surface area contributed by atoms with Crippen LogP contribution in [0.3, 0.4) is 0 Å². The number of hydrogen-bond donors (Lipinski definition) is 5. The number of aliphatic hydroxyl groups is 4. The molecule has 1 saturated heterocycles. The summed E-state index contributed by atoms with van der Waals surface area (Å²) in [5.41, 5.74) is -1.58. The summed E-state index contributed by atoms with van der Waals surface area (Å²) in [4.78, 5) is 24.3. The van der Waals surface area contributed by atoms with E-state index in [2.05, 4.69) is 0 Å². The number of nitrogens with zero attached hydrogens (tertiary/aromatic N) is 1. The standard InChI is InChI=1S/C9H12N2O7/c12-3-4-6(14)9(16,17)7(18-4)11-2-1-5(13)10-8(11)15/h1-2,4,6-7,12,14,16-17H,3H2,(H,10,13,15)/t4-,6-,7-/m1/s1. The van der Waals surface area contributed by atoms with Crippen LogP contribution in [0.5, 0.6) is 0 Å². The maximum Gasteiger partial charge on any atom is 0.330 e. The zero-order chi connectivity index (χ0) is 13.5. The molecule has 0 radical (unpaired) electrons. The van der Waals surface area contributed by atoms with Crippen molar-refractivity contribution in [1.29, 1.82) is 0 Å². The molecule has 0 amide bonds. The molecular weight excluding hydrogens is 248 g/mol. The Morgan fingerprint density at radius 1 is 1.44 bits per heavy atom. The second kappa shape index (κ2) is 4.30. The first-order valence-electron chi connectivity index (χ1n) is 5.08. The van der Waals surface area contributed by atoms with E-state index in [9.17, 15) is 24.9 Å². The molecule has 1 aliphatic rings. The van der Waals surface area contributed by atoms with Crippen LogP contribution >= 0.6 is 0 Å². The van der Waals surface area contributed by atoms with Crippen LogP contribution in [0.1, 0.15) is 6.23 Å². The van der Waals surface area contributed by atoms with Crippen LogP contribution in [0, 0.1) is 0 Å². The molecule has 1 aromatic rings. The van der Waals surface area contributed by atoms with Gasteiger partial charge < -0.3 is 25.2 Å². The summed E-state index contributed by atoms with van der Waals surface area (Å²) in [6, 6.07) is 0.986. The second-order valence-electron chi connectivity index (χ2n) is 3.95. The van der Waals surface area contributed by atoms with Crippen molar-refractivity contribution in [1.82, 2.24) is 9.55 Å². The summed E-state index contributed by atoms with van der Waals surface area (Å²) < 4.78 is 5.69. The molecule has 0 bridgehead atoms. The van der Waals surface area contributed by atoms with E-state index in [0.717, 1.165) is 12.3 Å². The van der Waals surface area contributed by atoms with Gasteiger partial charge in [-0.15, -0.1) is 0 Å². The number of aromatic nitrogens is 2. The Kier molecular flexibility index (Phi) is 3.09. The predicted octanol–water partition coefficient (Wildman–Crippen LogP) is -3.53. The highest BCUT2D eigenvalue weighted by Crippen LogP contribution is 2.35. The molecule has 0 saturated carbocycles. The number of aromatic amines is 1. The summed E-state index contributed by atoms with van der Waals surface area (Å²) in [7, 11) is 0. The van der Waals surface area contributed by atoms with Gasteiger partial charge in [0.15, 0.2) is 6.23 Å². The van der Waals surface area contributed by atoms with Gasteiger partial charge in [0.1, 0.15) is 12.2 Å². The van der Waals surface area contributed by atoms with Crippen molar-refractivity contribution in [3.05, 3.63) is 33.1 Å². The molecule has 1 aromatic heterocycles. The molecule has 5 N–H and O–H groups in total. The number of rotatable bonds is 2. The topological polar surface area (TPSA) is 145 Å². The van der Waals surface area contributed by atoms with E-state index in [1.165, 1.54) is 0 Å². The molecule has 2 rings (SSSR count). The van der Waals surface area contributed by atoms with E-state index in [0.29, 0.717) is 4.57 Å². The Balaban J connectivity index is 2.45. The minimum Gasteiger partial charge on any atom is -0.394 e. The minimum absolute atomic E-state index is 0.654. The van der Waals surface area contributed by atoms with Gasteiger partial charge in [-0.1, -0.05) is 0 Å². The van der Waals surface area contributed by atoms with Gasteiger partial charge in [0.2, 0.25) is 5.79 Å². The van der Waals surface area contributed by atoms with E-state index in [-0.39, 0.29) is 0 Å². The molecule has 1 aliphatic heterocycles. The number of ether oxygens (including phenoxy) is 1. The Bertz CT molecular complexity index is 548. The number of H-pyrrole nitrogens is 1. The average molecular weight is 260 g/mol. The van der Waals surface area contributed by atoms with Gasteiger partial charge in [0.25, 0.3) is 5.56 Å². The van der Waals surface area contributed by atoms with E-state index in [4.69, 9.17) is 9.84 Å². The lowest BCUT2D eigenvalue weighted by Gasteiger charge is -2.25. The van der Waals surface area contributed by atoms with E-state index in [1.54, 1.807) is 0 Å². The third kappa shape index (κ3) is 1.87. The van der Waals surface area contributed by atoms with Crippen molar-refractivity contribution in [2.24, 2.45) is 0 Å². The Morgan fingerprint density at radius 2 is 2.11 bits per heavy atom. The lowest BCUT2D eigenvalue weighted by atomic mass is 10.1. The summed E-state index contributed by atoms with van der Waals surface area (Å²) in [5, 5.41) is 37.8. The zero-order valence-electron chi connectivity index (χ0n) is 9.05. The molecule has 9 nitrogen and oxygen atoms in total. The Labute approximate surface area is 99.5 Å².